The van der Waals surface area contributed by atoms with Crippen LogP contribution in [-0.4, -0.2) is 16.6 Å². The van der Waals surface area contributed by atoms with Gasteiger partial charge in [-0.05, 0) is 20.3 Å². The van der Waals surface area contributed by atoms with Crippen LogP contribution >= 0.6 is 0 Å². The summed E-state index contributed by atoms with van der Waals surface area (Å²) in [6, 6.07) is 1.41. The molecular formula is C11H19N3O2. The highest BCUT2D eigenvalue weighted by Crippen LogP contribution is 2.25. The van der Waals surface area contributed by atoms with Crippen molar-refractivity contribution in [3.63, 3.8) is 0 Å². The van der Waals surface area contributed by atoms with Gasteiger partial charge in [0, 0.05) is 19.2 Å². The predicted octanol–water partition coefficient (Wildman–Crippen LogP) is 0.890. The minimum Gasteiger partial charge on any atom is -0.368 e. The van der Waals surface area contributed by atoms with Crippen molar-refractivity contribution in [1.82, 2.24) is 9.97 Å². The lowest BCUT2D eigenvalue weighted by Gasteiger charge is -2.27. The largest absolute Gasteiger partial charge is 0.368 e. The summed E-state index contributed by atoms with van der Waals surface area (Å²) in [4.78, 5) is 18.4. The van der Waals surface area contributed by atoms with Gasteiger partial charge in [0.1, 0.15) is 11.4 Å². The number of H-pyrrole nitrogens is 1. The zero-order chi connectivity index (χ0) is 12.2. The van der Waals surface area contributed by atoms with Crippen LogP contribution < -0.4 is 11.3 Å². The summed E-state index contributed by atoms with van der Waals surface area (Å²) in [5.41, 5.74) is 5.33. The van der Waals surface area contributed by atoms with Gasteiger partial charge in [0.15, 0.2) is 0 Å². The lowest BCUT2D eigenvalue weighted by Crippen LogP contribution is -2.31. The summed E-state index contributed by atoms with van der Waals surface area (Å²) in [7, 11) is 0. The highest BCUT2D eigenvalue weighted by Gasteiger charge is 2.28. The second-order valence-corrected chi connectivity index (χ2v) is 3.81. The van der Waals surface area contributed by atoms with E-state index in [4.69, 9.17) is 10.5 Å². The van der Waals surface area contributed by atoms with E-state index in [2.05, 4.69) is 9.97 Å². The van der Waals surface area contributed by atoms with E-state index >= 15 is 0 Å². The lowest BCUT2D eigenvalue weighted by molar-refractivity contribution is -0.0393. The molecule has 0 fully saturated rings. The Labute approximate surface area is 95.0 Å². The number of hydrogen-bond acceptors (Lipinski definition) is 4. The number of aromatic amines is 1. The number of aromatic nitrogens is 2. The van der Waals surface area contributed by atoms with E-state index in [0.717, 1.165) is 6.42 Å². The minimum absolute atomic E-state index is 0.190. The Hall–Kier alpha value is -1.20. The maximum atomic E-state index is 11.4. The summed E-state index contributed by atoms with van der Waals surface area (Å²) < 4.78 is 5.65. The van der Waals surface area contributed by atoms with Crippen LogP contribution in [0.3, 0.4) is 0 Å². The van der Waals surface area contributed by atoms with Crippen molar-refractivity contribution in [2.45, 2.75) is 39.3 Å². The average molecular weight is 225 g/mol. The first kappa shape index (κ1) is 12.9. The molecule has 0 aliphatic rings. The Morgan fingerprint density at radius 3 is 2.75 bits per heavy atom. The van der Waals surface area contributed by atoms with Crippen LogP contribution in [0.1, 0.15) is 38.7 Å². The Morgan fingerprint density at radius 1 is 1.56 bits per heavy atom. The quantitative estimate of drug-likeness (QED) is 0.779. The highest BCUT2D eigenvalue weighted by molar-refractivity contribution is 5.07. The van der Waals surface area contributed by atoms with E-state index in [-0.39, 0.29) is 12.1 Å². The molecule has 1 unspecified atom stereocenters. The molecule has 1 aromatic heterocycles. The van der Waals surface area contributed by atoms with Crippen LogP contribution in [0.25, 0.3) is 0 Å². The highest BCUT2D eigenvalue weighted by atomic mass is 16.5. The van der Waals surface area contributed by atoms with Crippen molar-refractivity contribution < 1.29 is 4.74 Å². The molecule has 0 spiro atoms. The van der Waals surface area contributed by atoms with Gasteiger partial charge < -0.3 is 15.5 Å². The topological polar surface area (TPSA) is 81.0 Å². The van der Waals surface area contributed by atoms with Crippen LogP contribution in [-0.2, 0) is 16.9 Å². The first-order chi connectivity index (χ1) is 7.55. The van der Waals surface area contributed by atoms with Crippen molar-refractivity contribution in [1.29, 1.82) is 0 Å². The lowest BCUT2D eigenvalue weighted by atomic mass is 10.0. The van der Waals surface area contributed by atoms with Gasteiger partial charge in [-0.25, -0.2) is 4.98 Å². The van der Waals surface area contributed by atoms with Gasteiger partial charge in [-0.3, -0.25) is 4.79 Å². The van der Waals surface area contributed by atoms with E-state index in [1.165, 1.54) is 6.07 Å². The maximum absolute atomic E-state index is 11.4. The minimum atomic E-state index is -0.556. The molecule has 1 heterocycles. The van der Waals surface area contributed by atoms with Crippen LogP contribution in [0, 0.1) is 0 Å². The Kier molecular flexibility index (Phi) is 4.20. The monoisotopic (exact) mass is 225 g/mol. The molecule has 0 saturated heterocycles. The van der Waals surface area contributed by atoms with Gasteiger partial charge in [-0.1, -0.05) is 6.92 Å². The van der Waals surface area contributed by atoms with E-state index < -0.39 is 5.60 Å². The molecule has 1 aromatic rings. The molecule has 0 aromatic carbocycles. The van der Waals surface area contributed by atoms with Crippen LogP contribution in [0.4, 0.5) is 0 Å². The summed E-state index contributed by atoms with van der Waals surface area (Å²) in [6.45, 7) is 6.64. The second-order valence-electron chi connectivity index (χ2n) is 3.81. The molecule has 1 rings (SSSR count). The SMILES string of the molecule is CCOC(C)(CC)c1nc(CN)cc(=O)[nH]1. The van der Waals surface area contributed by atoms with Crippen LogP contribution in [0.15, 0.2) is 10.9 Å². The van der Waals surface area contributed by atoms with Crippen LogP contribution in [0.5, 0.6) is 0 Å². The molecule has 0 saturated carbocycles. The number of ether oxygens (including phenoxy) is 1. The molecule has 90 valence electrons. The number of nitrogens with zero attached hydrogens (tertiary/aromatic N) is 1. The van der Waals surface area contributed by atoms with Crippen molar-refractivity contribution in [2.24, 2.45) is 5.73 Å². The molecule has 5 nitrogen and oxygen atoms in total. The molecule has 5 heteroatoms. The summed E-state index contributed by atoms with van der Waals surface area (Å²) in [6.07, 6.45) is 0.734. The fraction of sp³-hybridized carbons (Fsp3) is 0.636. The first-order valence-corrected chi connectivity index (χ1v) is 5.50. The van der Waals surface area contributed by atoms with Gasteiger partial charge >= 0.3 is 0 Å². The zero-order valence-electron chi connectivity index (χ0n) is 10.0. The van der Waals surface area contributed by atoms with E-state index in [1.807, 2.05) is 20.8 Å². The Morgan fingerprint density at radius 2 is 2.25 bits per heavy atom. The van der Waals surface area contributed by atoms with Crippen LogP contribution in [0.2, 0.25) is 0 Å². The van der Waals surface area contributed by atoms with E-state index in [1.54, 1.807) is 0 Å². The normalized spacial score (nSPS) is 14.8. The molecule has 0 aliphatic carbocycles. The van der Waals surface area contributed by atoms with E-state index in [9.17, 15) is 4.79 Å². The van der Waals surface area contributed by atoms with Gasteiger partial charge in [-0.2, -0.15) is 0 Å². The molecular weight excluding hydrogens is 206 g/mol. The summed E-state index contributed by atoms with van der Waals surface area (Å²) in [5, 5.41) is 0. The Balaban J connectivity index is 3.19. The third kappa shape index (κ3) is 2.68. The van der Waals surface area contributed by atoms with Gasteiger partial charge in [0.2, 0.25) is 0 Å². The molecule has 0 bridgehead atoms. The number of hydrogen-bond donors (Lipinski definition) is 2. The van der Waals surface area contributed by atoms with E-state index in [0.29, 0.717) is 18.1 Å². The third-order valence-electron chi connectivity index (χ3n) is 2.64. The Bertz CT molecular complexity index is 402. The van der Waals surface area contributed by atoms with Gasteiger partial charge in [-0.15, -0.1) is 0 Å². The summed E-state index contributed by atoms with van der Waals surface area (Å²) >= 11 is 0. The van der Waals surface area contributed by atoms with Gasteiger partial charge in [0.05, 0.1) is 5.69 Å². The molecule has 3 N–H and O–H groups in total. The molecule has 0 aliphatic heterocycles. The molecule has 0 radical (unpaired) electrons. The smallest absolute Gasteiger partial charge is 0.251 e. The van der Waals surface area contributed by atoms with Crippen molar-refractivity contribution in [2.75, 3.05) is 6.61 Å². The van der Waals surface area contributed by atoms with Gasteiger partial charge in [0.25, 0.3) is 5.56 Å². The second kappa shape index (κ2) is 5.23. The average Bonchev–Trinajstić information content (AvgIpc) is 2.28. The number of nitrogens with two attached hydrogens (primary N) is 1. The predicted molar refractivity (Wildman–Crippen MR) is 62.0 cm³/mol. The summed E-state index contributed by atoms with van der Waals surface area (Å²) in [5.74, 6) is 0.546. The molecule has 1 atom stereocenters. The fourth-order valence-corrected chi connectivity index (χ4v) is 1.52. The zero-order valence-corrected chi connectivity index (χ0v) is 10.0. The number of rotatable bonds is 5. The molecule has 0 amide bonds. The van der Waals surface area contributed by atoms with Crippen molar-refractivity contribution >= 4 is 0 Å². The number of nitrogens with one attached hydrogen (secondary N) is 1. The standard InChI is InChI=1S/C11H19N3O2/c1-4-11(3,16-5-2)10-13-8(7-12)6-9(15)14-10/h6H,4-5,7,12H2,1-3H3,(H,13,14,15). The maximum Gasteiger partial charge on any atom is 0.251 e. The van der Waals surface area contributed by atoms with Crippen molar-refractivity contribution in [3.05, 3.63) is 27.9 Å². The van der Waals surface area contributed by atoms with Crippen molar-refractivity contribution in [3.8, 4) is 0 Å². The first-order valence-electron chi connectivity index (χ1n) is 5.50. The third-order valence-corrected chi connectivity index (χ3v) is 2.64. The fourth-order valence-electron chi connectivity index (χ4n) is 1.52. The molecule has 16 heavy (non-hydrogen) atoms.